The van der Waals surface area contributed by atoms with Crippen LogP contribution in [0.2, 0.25) is 0 Å². The lowest BCUT2D eigenvalue weighted by Crippen LogP contribution is -2.51. The molecule has 0 amide bonds. The smallest absolute Gasteiger partial charge is 0.302 e. The lowest BCUT2D eigenvalue weighted by Gasteiger charge is -2.58. The molecule has 4 aliphatic rings. The molecular formula is C23H36O3. The van der Waals surface area contributed by atoms with Gasteiger partial charge in [-0.2, -0.15) is 0 Å². The predicted octanol–water partition coefficient (Wildman–Crippen LogP) is 4.88. The van der Waals surface area contributed by atoms with Crippen molar-refractivity contribution < 1.29 is 14.6 Å². The van der Waals surface area contributed by atoms with E-state index >= 15 is 0 Å². The Morgan fingerprint density at radius 1 is 1.19 bits per heavy atom. The minimum Gasteiger partial charge on any atom is -0.462 e. The van der Waals surface area contributed by atoms with Crippen LogP contribution < -0.4 is 0 Å². The van der Waals surface area contributed by atoms with Crippen molar-refractivity contribution in [1.29, 1.82) is 0 Å². The van der Waals surface area contributed by atoms with Crippen LogP contribution in [0.4, 0.5) is 0 Å². The fraction of sp³-hybridized carbons (Fsp3) is 0.870. The SMILES string of the molecule is CC(=O)O[C@H]1CCC2(C)C(=CCC3C2CCC2(C)C3CCC2[C@@H](C)O)C1. The van der Waals surface area contributed by atoms with Gasteiger partial charge in [-0.25, -0.2) is 0 Å². The van der Waals surface area contributed by atoms with E-state index in [1.165, 1.54) is 39.0 Å². The van der Waals surface area contributed by atoms with Gasteiger partial charge in [-0.05, 0) is 86.4 Å². The summed E-state index contributed by atoms with van der Waals surface area (Å²) in [6.45, 7) is 8.49. The van der Waals surface area contributed by atoms with Crippen molar-refractivity contribution in [3.63, 3.8) is 0 Å². The molecule has 6 unspecified atom stereocenters. The van der Waals surface area contributed by atoms with E-state index in [-0.39, 0.29) is 18.2 Å². The van der Waals surface area contributed by atoms with Crippen LogP contribution in [0, 0.1) is 34.5 Å². The minimum atomic E-state index is -0.175. The van der Waals surface area contributed by atoms with Crippen LogP contribution in [0.3, 0.4) is 0 Å². The molecule has 0 aliphatic heterocycles. The molecule has 0 aromatic rings. The molecule has 3 heteroatoms. The van der Waals surface area contributed by atoms with Gasteiger partial charge in [0, 0.05) is 13.3 Å². The third-order valence-electron chi connectivity index (χ3n) is 9.05. The third kappa shape index (κ3) is 2.68. The number of hydrogen-bond donors (Lipinski definition) is 1. The minimum absolute atomic E-state index is 0.0864. The van der Waals surface area contributed by atoms with E-state index in [1.54, 1.807) is 5.57 Å². The van der Waals surface area contributed by atoms with Gasteiger partial charge in [0.2, 0.25) is 0 Å². The Labute approximate surface area is 158 Å². The monoisotopic (exact) mass is 360 g/mol. The fourth-order valence-electron chi connectivity index (χ4n) is 7.80. The standard InChI is InChI=1S/C23H36O3/c1-14(24)19-7-8-20-18-6-5-16-13-17(26-15(2)25)9-11-22(16,3)21(18)10-12-23(19,20)4/h5,14,17-21,24H,6-13H2,1-4H3/t14-,17+,18?,19?,20?,21?,22?,23?/m1/s1. The Kier molecular flexibility index (Phi) is 4.53. The summed E-state index contributed by atoms with van der Waals surface area (Å²) < 4.78 is 5.54. The van der Waals surface area contributed by atoms with E-state index in [9.17, 15) is 9.90 Å². The zero-order valence-corrected chi connectivity index (χ0v) is 17.0. The lowest BCUT2D eigenvalue weighted by atomic mass is 9.47. The molecule has 0 saturated heterocycles. The Balaban J connectivity index is 1.58. The second-order valence-corrected chi connectivity index (χ2v) is 10.2. The molecule has 3 nitrogen and oxygen atoms in total. The Morgan fingerprint density at radius 3 is 2.65 bits per heavy atom. The summed E-state index contributed by atoms with van der Waals surface area (Å²) in [5.74, 6) is 2.65. The molecule has 0 radical (unpaired) electrons. The van der Waals surface area contributed by atoms with E-state index in [4.69, 9.17) is 4.74 Å². The maximum absolute atomic E-state index is 11.4. The molecule has 0 heterocycles. The summed E-state index contributed by atoms with van der Waals surface area (Å²) in [6, 6.07) is 0. The van der Waals surface area contributed by atoms with Gasteiger partial charge in [0.25, 0.3) is 0 Å². The molecule has 1 N–H and O–H groups in total. The van der Waals surface area contributed by atoms with Crippen molar-refractivity contribution in [2.45, 2.75) is 91.3 Å². The van der Waals surface area contributed by atoms with Crippen molar-refractivity contribution in [3.8, 4) is 0 Å². The summed E-state index contributed by atoms with van der Waals surface area (Å²) in [6.07, 6.45) is 11.8. The van der Waals surface area contributed by atoms with Crippen molar-refractivity contribution in [1.82, 2.24) is 0 Å². The summed E-state index contributed by atoms with van der Waals surface area (Å²) in [4.78, 5) is 11.4. The van der Waals surface area contributed by atoms with Gasteiger partial charge in [0.05, 0.1) is 6.10 Å². The molecule has 4 aliphatic carbocycles. The van der Waals surface area contributed by atoms with Gasteiger partial charge >= 0.3 is 5.97 Å². The van der Waals surface area contributed by atoms with Gasteiger partial charge < -0.3 is 9.84 Å². The lowest BCUT2D eigenvalue weighted by molar-refractivity contribution is -0.148. The van der Waals surface area contributed by atoms with Crippen molar-refractivity contribution in [3.05, 3.63) is 11.6 Å². The topological polar surface area (TPSA) is 46.5 Å². The highest BCUT2D eigenvalue weighted by Gasteiger charge is 2.59. The number of fused-ring (bicyclic) bond motifs is 5. The predicted molar refractivity (Wildman–Crippen MR) is 102 cm³/mol. The quantitative estimate of drug-likeness (QED) is 0.564. The van der Waals surface area contributed by atoms with Crippen LogP contribution in [0.15, 0.2) is 11.6 Å². The maximum atomic E-state index is 11.4. The summed E-state index contributed by atoms with van der Waals surface area (Å²) >= 11 is 0. The Morgan fingerprint density at radius 2 is 1.96 bits per heavy atom. The number of esters is 1. The van der Waals surface area contributed by atoms with E-state index in [0.717, 1.165) is 37.0 Å². The first-order chi connectivity index (χ1) is 12.3. The van der Waals surface area contributed by atoms with Crippen LogP contribution in [0.1, 0.15) is 79.1 Å². The molecular weight excluding hydrogens is 324 g/mol. The number of aliphatic hydroxyl groups is 1. The highest BCUT2D eigenvalue weighted by Crippen LogP contribution is 2.66. The van der Waals surface area contributed by atoms with Gasteiger partial charge in [-0.3, -0.25) is 4.79 Å². The molecule has 0 spiro atoms. The van der Waals surface area contributed by atoms with Gasteiger partial charge in [0.15, 0.2) is 0 Å². The highest BCUT2D eigenvalue weighted by molar-refractivity contribution is 5.66. The van der Waals surface area contributed by atoms with Crippen LogP contribution in [-0.4, -0.2) is 23.3 Å². The number of rotatable bonds is 2. The number of aliphatic hydroxyl groups excluding tert-OH is 1. The van der Waals surface area contributed by atoms with Gasteiger partial charge in [0.1, 0.15) is 6.10 Å². The van der Waals surface area contributed by atoms with E-state index < -0.39 is 0 Å². The first-order valence-corrected chi connectivity index (χ1v) is 10.8. The number of ether oxygens (including phenoxy) is 1. The second kappa shape index (κ2) is 6.36. The Bertz CT molecular complexity index is 609. The summed E-state index contributed by atoms with van der Waals surface area (Å²) in [7, 11) is 0. The average molecular weight is 361 g/mol. The van der Waals surface area contributed by atoms with Crippen LogP contribution >= 0.6 is 0 Å². The molecule has 0 aromatic carbocycles. The molecule has 3 saturated carbocycles. The number of carbonyl (C=O) groups excluding carboxylic acids is 1. The number of carbonyl (C=O) groups is 1. The van der Waals surface area contributed by atoms with Crippen molar-refractivity contribution in [2.75, 3.05) is 0 Å². The van der Waals surface area contributed by atoms with Crippen molar-refractivity contribution >= 4 is 5.97 Å². The first-order valence-electron chi connectivity index (χ1n) is 10.8. The van der Waals surface area contributed by atoms with Gasteiger partial charge in [-0.15, -0.1) is 0 Å². The molecule has 4 rings (SSSR count). The molecule has 3 fully saturated rings. The normalized spacial score (nSPS) is 48.7. The van der Waals surface area contributed by atoms with E-state index in [0.29, 0.717) is 16.7 Å². The third-order valence-corrected chi connectivity index (χ3v) is 9.05. The zero-order valence-electron chi connectivity index (χ0n) is 17.0. The highest BCUT2D eigenvalue weighted by atomic mass is 16.5. The number of allylic oxidation sites excluding steroid dienone is 1. The number of hydrogen-bond acceptors (Lipinski definition) is 3. The van der Waals surface area contributed by atoms with Crippen LogP contribution in [-0.2, 0) is 9.53 Å². The van der Waals surface area contributed by atoms with Crippen LogP contribution in [0.25, 0.3) is 0 Å². The molecule has 26 heavy (non-hydrogen) atoms. The van der Waals surface area contributed by atoms with Crippen LogP contribution in [0.5, 0.6) is 0 Å². The maximum Gasteiger partial charge on any atom is 0.302 e. The summed E-state index contributed by atoms with van der Waals surface area (Å²) in [5, 5.41) is 10.3. The van der Waals surface area contributed by atoms with E-state index in [1.807, 2.05) is 6.92 Å². The second-order valence-electron chi connectivity index (χ2n) is 10.2. The van der Waals surface area contributed by atoms with Gasteiger partial charge in [-0.1, -0.05) is 25.5 Å². The fourth-order valence-corrected chi connectivity index (χ4v) is 7.80. The molecule has 0 aromatic heterocycles. The molecule has 0 bridgehead atoms. The van der Waals surface area contributed by atoms with E-state index in [2.05, 4.69) is 19.9 Å². The molecule has 8 atom stereocenters. The largest absolute Gasteiger partial charge is 0.462 e. The average Bonchev–Trinajstić information content (AvgIpc) is 2.92. The zero-order chi connectivity index (χ0) is 18.7. The summed E-state index contributed by atoms with van der Waals surface area (Å²) in [5.41, 5.74) is 2.18. The molecule has 146 valence electrons. The Hall–Kier alpha value is -0.830. The van der Waals surface area contributed by atoms with Crippen molar-refractivity contribution in [2.24, 2.45) is 34.5 Å². The first kappa shape index (κ1) is 18.5.